The van der Waals surface area contributed by atoms with Crippen molar-refractivity contribution in [3.05, 3.63) is 25.3 Å². The summed E-state index contributed by atoms with van der Waals surface area (Å²) in [7, 11) is 0. The van der Waals surface area contributed by atoms with E-state index < -0.39 is 23.6 Å². The SMILES string of the molecule is C=CC(=O)OCC(C)(O)C(C)OC(=O)C=C. The van der Waals surface area contributed by atoms with Crippen LogP contribution in [-0.4, -0.2) is 35.4 Å². The molecule has 0 saturated carbocycles. The van der Waals surface area contributed by atoms with Crippen molar-refractivity contribution in [2.45, 2.75) is 25.6 Å². The highest BCUT2D eigenvalue weighted by molar-refractivity contribution is 5.81. The smallest absolute Gasteiger partial charge is 0.330 e. The van der Waals surface area contributed by atoms with E-state index >= 15 is 0 Å². The van der Waals surface area contributed by atoms with Crippen molar-refractivity contribution < 1.29 is 24.2 Å². The lowest BCUT2D eigenvalue weighted by Gasteiger charge is -2.28. The lowest BCUT2D eigenvalue weighted by Crippen LogP contribution is -2.44. The Balaban J connectivity index is 4.29. The average molecular weight is 228 g/mol. The van der Waals surface area contributed by atoms with Gasteiger partial charge in [0, 0.05) is 12.2 Å². The van der Waals surface area contributed by atoms with Crippen LogP contribution in [0.5, 0.6) is 0 Å². The summed E-state index contributed by atoms with van der Waals surface area (Å²) in [6.45, 7) is 9.04. The Morgan fingerprint density at radius 3 is 2.31 bits per heavy atom. The molecular formula is C11H16O5. The fourth-order valence-corrected chi connectivity index (χ4v) is 0.743. The van der Waals surface area contributed by atoms with Crippen LogP contribution in [0.1, 0.15) is 13.8 Å². The second-order valence-corrected chi connectivity index (χ2v) is 3.45. The van der Waals surface area contributed by atoms with Gasteiger partial charge in [0.25, 0.3) is 0 Å². The van der Waals surface area contributed by atoms with E-state index in [1.165, 1.54) is 13.8 Å². The standard InChI is InChI=1S/C11H16O5/c1-5-9(12)15-7-11(4,14)8(3)16-10(13)6-2/h5-6,8,14H,1-2,7H2,3-4H3. The van der Waals surface area contributed by atoms with Gasteiger partial charge in [-0.05, 0) is 13.8 Å². The van der Waals surface area contributed by atoms with E-state index in [0.29, 0.717) is 0 Å². The van der Waals surface area contributed by atoms with Crippen molar-refractivity contribution in [2.75, 3.05) is 6.61 Å². The minimum Gasteiger partial charge on any atom is -0.459 e. The Kier molecular flexibility index (Phi) is 5.46. The quantitative estimate of drug-likeness (QED) is 0.532. The number of rotatable bonds is 6. The molecule has 16 heavy (non-hydrogen) atoms. The molecule has 0 aliphatic carbocycles. The zero-order chi connectivity index (χ0) is 12.8. The summed E-state index contributed by atoms with van der Waals surface area (Å²) >= 11 is 0. The molecule has 0 aromatic carbocycles. The van der Waals surface area contributed by atoms with Crippen molar-refractivity contribution >= 4 is 11.9 Å². The minimum atomic E-state index is -1.46. The van der Waals surface area contributed by atoms with E-state index in [-0.39, 0.29) is 6.61 Å². The van der Waals surface area contributed by atoms with Gasteiger partial charge in [0.1, 0.15) is 18.3 Å². The van der Waals surface area contributed by atoms with Crippen LogP contribution in [0.15, 0.2) is 25.3 Å². The van der Waals surface area contributed by atoms with Crippen molar-refractivity contribution in [1.82, 2.24) is 0 Å². The van der Waals surface area contributed by atoms with E-state index in [0.717, 1.165) is 12.2 Å². The van der Waals surface area contributed by atoms with Gasteiger partial charge in [0.15, 0.2) is 0 Å². The molecule has 0 heterocycles. The van der Waals surface area contributed by atoms with Gasteiger partial charge in [0.05, 0.1) is 0 Å². The average Bonchev–Trinajstić information content (AvgIpc) is 2.25. The zero-order valence-corrected chi connectivity index (χ0v) is 9.43. The van der Waals surface area contributed by atoms with Crippen LogP contribution < -0.4 is 0 Å². The molecule has 90 valence electrons. The normalized spacial score (nSPS) is 15.4. The van der Waals surface area contributed by atoms with Crippen LogP contribution in [0.2, 0.25) is 0 Å². The van der Waals surface area contributed by atoms with Gasteiger partial charge in [-0.3, -0.25) is 0 Å². The lowest BCUT2D eigenvalue weighted by molar-refractivity contribution is -0.166. The maximum atomic E-state index is 10.9. The van der Waals surface area contributed by atoms with Gasteiger partial charge in [-0.1, -0.05) is 13.2 Å². The second-order valence-electron chi connectivity index (χ2n) is 3.45. The first-order valence-electron chi connectivity index (χ1n) is 4.68. The number of esters is 2. The molecule has 0 bridgehead atoms. The molecule has 0 radical (unpaired) electrons. The van der Waals surface area contributed by atoms with Crippen molar-refractivity contribution in [3.8, 4) is 0 Å². The van der Waals surface area contributed by atoms with Crippen LogP contribution in [0.3, 0.4) is 0 Å². The molecule has 0 amide bonds. The van der Waals surface area contributed by atoms with E-state index in [9.17, 15) is 14.7 Å². The van der Waals surface area contributed by atoms with Crippen molar-refractivity contribution in [2.24, 2.45) is 0 Å². The van der Waals surface area contributed by atoms with Crippen LogP contribution in [0.25, 0.3) is 0 Å². The molecule has 0 spiro atoms. The maximum Gasteiger partial charge on any atom is 0.330 e. The third kappa shape index (κ3) is 4.75. The molecule has 0 aromatic rings. The molecule has 0 aliphatic rings. The van der Waals surface area contributed by atoms with Gasteiger partial charge < -0.3 is 14.6 Å². The van der Waals surface area contributed by atoms with Crippen LogP contribution in [0, 0.1) is 0 Å². The fourth-order valence-electron chi connectivity index (χ4n) is 0.743. The summed E-state index contributed by atoms with van der Waals surface area (Å²) in [5.74, 6) is -1.30. The van der Waals surface area contributed by atoms with Crippen LogP contribution in [0.4, 0.5) is 0 Å². The molecule has 5 heteroatoms. The largest absolute Gasteiger partial charge is 0.459 e. The lowest BCUT2D eigenvalue weighted by atomic mass is 10.0. The number of ether oxygens (including phenoxy) is 2. The summed E-state index contributed by atoms with van der Waals surface area (Å²) < 4.78 is 9.47. The van der Waals surface area contributed by atoms with Gasteiger partial charge in [-0.2, -0.15) is 0 Å². The predicted molar refractivity (Wildman–Crippen MR) is 57.5 cm³/mol. The molecule has 0 aromatic heterocycles. The van der Waals surface area contributed by atoms with Crippen molar-refractivity contribution in [1.29, 1.82) is 0 Å². The number of aliphatic hydroxyl groups is 1. The Hall–Kier alpha value is -1.62. The zero-order valence-electron chi connectivity index (χ0n) is 9.43. The third-order valence-electron chi connectivity index (χ3n) is 2.01. The summed E-state index contributed by atoms with van der Waals surface area (Å²) in [6, 6.07) is 0. The first-order valence-corrected chi connectivity index (χ1v) is 4.68. The molecule has 2 atom stereocenters. The molecule has 0 rings (SSSR count). The monoisotopic (exact) mass is 228 g/mol. The molecule has 0 fully saturated rings. The Labute approximate surface area is 94.4 Å². The summed E-state index contributed by atoms with van der Waals surface area (Å²) in [5, 5.41) is 9.85. The number of carbonyl (C=O) groups is 2. The molecule has 0 aliphatic heterocycles. The second kappa shape index (κ2) is 6.07. The van der Waals surface area contributed by atoms with Crippen molar-refractivity contribution in [3.63, 3.8) is 0 Å². The third-order valence-corrected chi connectivity index (χ3v) is 2.01. The molecule has 2 unspecified atom stereocenters. The summed E-state index contributed by atoms with van der Waals surface area (Å²) in [5.41, 5.74) is -1.46. The summed E-state index contributed by atoms with van der Waals surface area (Å²) in [6.07, 6.45) is 1.15. The minimum absolute atomic E-state index is 0.288. The predicted octanol–water partition coefficient (Wildman–Crippen LogP) is 0.584. The van der Waals surface area contributed by atoms with Gasteiger partial charge >= 0.3 is 11.9 Å². The number of carbonyl (C=O) groups excluding carboxylic acids is 2. The molecule has 5 nitrogen and oxygen atoms in total. The molecular weight excluding hydrogens is 212 g/mol. The maximum absolute atomic E-state index is 10.9. The first kappa shape index (κ1) is 14.4. The highest BCUT2D eigenvalue weighted by Crippen LogP contribution is 2.14. The van der Waals surface area contributed by atoms with Crippen LogP contribution in [-0.2, 0) is 19.1 Å². The van der Waals surface area contributed by atoms with Gasteiger partial charge in [-0.15, -0.1) is 0 Å². The number of hydrogen-bond acceptors (Lipinski definition) is 5. The highest BCUT2D eigenvalue weighted by atomic mass is 16.6. The Morgan fingerprint density at radius 1 is 1.38 bits per heavy atom. The summed E-state index contributed by atoms with van der Waals surface area (Å²) in [4.78, 5) is 21.7. The van der Waals surface area contributed by atoms with Gasteiger partial charge in [0.2, 0.25) is 0 Å². The highest BCUT2D eigenvalue weighted by Gasteiger charge is 2.32. The fraction of sp³-hybridized carbons (Fsp3) is 0.455. The number of hydrogen-bond donors (Lipinski definition) is 1. The van der Waals surface area contributed by atoms with E-state index in [1.54, 1.807) is 0 Å². The first-order chi connectivity index (χ1) is 7.33. The topological polar surface area (TPSA) is 72.8 Å². The van der Waals surface area contributed by atoms with E-state index in [1.807, 2.05) is 0 Å². The van der Waals surface area contributed by atoms with E-state index in [4.69, 9.17) is 4.74 Å². The van der Waals surface area contributed by atoms with Gasteiger partial charge in [-0.25, -0.2) is 9.59 Å². The van der Waals surface area contributed by atoms with Crippen LogP contribution >= 0.6 is 0 Å². The Bertz CT molecular complexity index is 293. The molecule has 1 N–H and O–H groups in total. The molecule has 0 saturated heterocycles. The van der Waals surface area contributed by atoms with E-state index in [2.05, 4.69) is 17.9 Å². The Morgan fingerprint density at radius 2 is 1.88 bits per heavy atom.